The number of carbonyl (C=O) groups excluding carboxylic acids is 1. The number of carbonyl (C=O) groups is 1. The number of pyridine rings is 2. The van der Waals surface area contributed by atoms with Gasteiger partial charge in [0, 0.05) is 42.5 Å². The van der Waals surface area contributed by atoms with Gasteiger partial charge in [-0.1, -0.05) is 0 Å². The minimum atomic E-state index is -1.51. The van der Waals surface area contributed by atoms with Gasteiger partial charge in [0.05, 0.1) is 22.9 Å². The number of aryl methyl sites for hydroxylation is 1. The quantitative estimate of drug-likeness (QED) is 0.441. The molecule has 1 aromatic carbocycles. The van der Waals surface area contributed by atoms with Gasteiger partial charge in [-0.15, -0.1) is 0 Å². The van der Waals surface area contributed by atoms with Crippen molar-refractivity contribution in [3.63, 3.8) is 0 Å². The summed E-state index contributed by atoms with van der Waals surface area (Å²) in [7, 11) is 1.66. The lowest BCUT2D eigenvalue weighted by atomic mass is 9.95. The van der Waals surface area contributed by atoms with Crippen molar-refractivity contribution in [2.24, 2.45) is 7.05 Å². The summed E-state index contributed by atoms with van der Waals surface area (Å²) >= 11 is 0. The standard InChI is InChI=1S/C23H18F3N5O/c1-12-20-15(22(30(2)29-20)13-10-16(24)19(26)17(25)11-13)6-9-31(12)23(32)21-14-4-3-7-27-18(14)5-8-28-21/h3-5,7-8,10-12H,6,9H2,1-2H3/t12-/m0/s1. The van der Waals surface area contributed by atoms with Crippen molar-refractivity contribution in [1.82, 2.24) is 24.6 Å². The second-order valence-electron chi connectivity index (χ2n) is 7.74. The van der Waals surface area contributed by atoms with Crippen molar-refractivity contribution >= 4 is 16.8 Å². The molecule has 3 aromatic heterocycles. The molecule has 0 aliphatic carbocycles. The summed E-state index contributed by atoms with van der Waals surface area (Å²) in [4.78, 5) is 23.6. The number of fused-ring (bicyclic) bond motifs is 2. The molecule has 0 spiro atoms. The fourth-order valence-corrected chi connectivity index (χ4v) is 4.38. The van der Waals surface area contributed by atoms with E-state index in [0.29, 0.717) is 41.0 Å². The van der Waals surface area contributed by atoms with Crippen LogP contribution in [0.2, 0.25) is 0 Å². The first kappa shape index (κ1) is 20.2. The Kier molecular flexibility index (Phi) is 4.69. The van der Waals surface area contributed by atoms with Gasteiger partial charge in [0.25, 0.3) is 5.91 Å². The molecule has 0 N–H and O–H groups in total. The van der Waals surface area contributed by atoms with Gasteiger partial charge in [0.15, 0.2) is 17.5 Å². The second kappa shape index (κ2) is 7.44. The van der Waals surface area contributed by atoms with Gasteiger partial charge in [0.1, 0.15) is 5.69 Å². The van der Waals surface area contributed by atoms with Crippen molar-refractivity contribution in [2.45, 2.75) is 19.4 Å². The van der Waals surface area contributed by atoms with E-state index in [1.165, 1.54) is 4.68 Å². The second-order valence-corrected chi connectivity index (χ2v) is 7.74. The van der Waals surface area contributed by atoms with Crippen molar-refractivity contribution in [1.29, 1.82) is 0 Å². The Labute approximate surface area is 181 Å². The summed E-state index contributed by atoms with van der Waals surface area (Å²) in [6, 6.07) is 6.84. The van der Waals surface area contributed by atoms with Crippen LogP contribution < -0.4 is 0 Å². The molecule has 5 rings (SSSR count). The van der Waals surface area contributed by atoms with Gasteiger partial charge in [0.2, 0.25) is 0 Å². The predicted octanol–water partition coefficient (Wildman–Crippen LogP) is 4.21. The fourth-order valence-electron chi connectivity index (χ4n) is 4.38. The smallest absolute Gasteiger partial charge is 0.273 e. The fraction of sp³-hybridized carbons (Fsp3) is 0.217. The van der Waals surface area contributed by atoms with Crippen LogP contribution in [0.1, 0.15) is 34.7 Å². The van der Waals surface area contributed by atoms with Crippen LogP contribution in [0.3, 0.4) is 0 Å². The maximum absolute atomic E-state index is 13.8. The van der Waals surface area contributed by atoms with Crippen LogP contribution in [0.15, 0.2) is 42.7 Å². The van der Waals surface area contributed by atoms with Crippen LogP contribution in [-0.2, 0) is 13.5 Å². The molecule has 0 saturated carbocycles. The zero-order valence-corrected chi connectivity index (χ0v) is 17.3. The van der Waals surface area contributed by atoms with Gasteiger partial charge < -0.3 is 4.90 Å². The highest BCUT2D eigenvalue weighted by Crippen LogP contribution is 2.37. The van der Waals surface area contributed by atoms with Crippen LogP contribution in [0.25, 0.3) is 22.2 Å². The van der Waals surface area contributed by atoms with E-state index < -0.39 is 23.5 Å². The average Bonchev–Trinajstić information content (AvgIpc) is 3.13. The molecule has 1 aliphatic heterocycles. The molecule has 9 heteroatoms. The van der Waals surface area contributed by atoms with Gasteiger partial charge in [-0.2, -0.15) is 5.10 Å². The Bertz CT molecular complexity index is 1360. The highest BCUT2D eigenvalue weighted by atomic mass is 19.2. The molecule has 4 aromatic rings. The number of nitrogens with zero attached hydrogens (tertiary/aromatic N) is 5. The summed E-state index contributed by atoms with van der Waals surface area (Å²) < 4.78 is 42.6. The highest BCUT2D eigenvalue weighted by Gasteiger charge is 2.34. The van der Waals surface area contributed by atoms with E-state index in [-0.39, 0.29) is 11.5 Å². The predicted molar refractivity (Wildman–Crippen MR) is 111 cm³/mol. The first-order chi connectivity index (χ1) is 15.4. The van der Waals surface area contributed by atoms with Crippen molar-refractivity contribution in [3.05, 3.63) is 77.1 Å². The van der Waals surface area contributed by atoms with Gasteiger partial charge >= 0.3 is 0 Å². The van der Waals surface area contributed by atoms with Crippen LogP contribution in [0.5, 0.6) is 0 Å². The minimum absolute atomic E-state index is 0.200. The molecule has 0 fully saturated rings. The zero-order chi connectivity index (χ0) is 22.6. The SMILES string of the molecule is C[C@H]1c2nn(C)c(-c3cc(F)c(F)c(F)c3)c2CCN1C(=O)c1nccc2ncccc12. The number of benzene rings is 1. The van der Waals surface area contributed by atoms with E-state index in [4.69, 9.17) is 0 Å². The van der Waals surface area contributed by atoms with E-state index >= 15 is 0 Å². The van der Waals surface area contributed by atoms with E-state index in [9.17, 15) is 18.0 Å². The maximum Gasteiger partial charge on any atom is 0.273 e. The molecule has 1 atom stereocenters. The summed E-state index contributed by atoms with van der Waals surface area (Å²) in [5.74, 6) is -4.27. The van der Waals surface area contributed by atoms with Crippen LogP contribution in [0, 0.1) is 17.5 Å². The number of halogens is 3. The van der Waals surface area contributed by atoms with Crippen molar-refractivity contribution in [2.75, 3.05) is 6.54 Å². The monoisotopic (exact) mass is 437 g/mol. The third-order valence-electron chi connectivity index (χ3n) is 5.89. The zero-order valence-electron chi connectivity index (χ0n) is 17.3. The molecular weight excluding hydrogens is 419 g/mol. The summed E-state index contributed by atoms with van der Waals surface area (Å²) in [6.45, 7) is 2.22. The lowest BCUT2D eigenvalue weighted by Gasteiger charge is -2.33. The van der Waals surface area contributed by atoms with E-state index in [0.717, 1.165) is 17.7 Å². The molecule has 0 bridgehead atoms. The Morgan fingerprint density at radius 1 is 1.09 bits per heavy atom. The number of rotatable bonds is 2. The van der Waals surface area contributed by atoms with Gasteiger partial charge in [-0.05, 0) is 43.7 Å². The molecule has 1 amide bonds. The number of hydrogen-bond acceptors (Lipinski definition) is 4. The average molecular weight is 437 g/mol. The molecule has 6 nitrogen and oxygen atoms in total. The third-order valence-corrected chi connectivity index (χ3v) is 5.89. The van der Waals surface area contributed by atoms with Gasteiger partial charge in [-0.3, -0.25) is 19.4 Å². The minimum Gasteiger partial charge on any atom is -0.329 e. The third kappa shape index (κ3) is 3.04. The largest absolute Gasteiger partial charge is 0.329 e. The van der Waals surface area contributed by atoms with E-state index in [1.807, 2.05) is 6.92 Å². The lowest BCUT2D eigenvalue weighted by molar-refractivity contribution is 0.0670. The summed E-state index contributed by atoms with van der Waals surface area (Å²) in [5.41, 5.74) is 3.10. The van der Waals surface area contributed by atoms with E-state index in [2.05, 4.69) is 15.1 Å². The molecule has 32 heavy (non-hydrogen) atoms. The first-order valence-electron chi connectivity index (χ1n) is 10.1. The molecular formula is C23H18F3N5O. The molecule has 1 aliphatic rings. The Hall–Kier alpha value is -3.75. The number of amides is 1. The van der Waals surface area contributed by atoms with Crippen LogP contribution >= 0.6 is 0 Å². The normalized spacial score (nSPS) is 15.8. The molecule has 0 unspecified atom stereocenters. The lowest BCUT2D eigenvalue weighted by Crippen LogP contribution is -2.39. The maximum atomic E-state index is 13.8. The van der Waals surface area contributed by atoms with Crippen molar-refractivity contribution < 1.29 is 18.0 Å². The topological polar surface area (TPSA) is 63.9 Å². The highest BCUT2D eigenvalue weighted by molar-refractivity contribution is 6.04. The molecule has 162 valence electrons. The van der Waals surface area contributed by atoms with Crippen LogP contribution in [-0.4, -0.2) is 37.1 Å². The Balaban J connectivity index is 1.54. The van der Waals surface area contributed by atoms with E-state index in [1.54, 1.807) is 42.5 Å². The molecule has 0 radical (unpaired) electrons. The molecule has 4 heterocycles. The first-order valence-corrected chi connectivity index (χ1v) is 10.1. The summed E-state index contributed by atoms with van der Waals surface area (Å²) in [6.07, 6.45) is 3.64. The van der Waals surface area contributed by atoms with Gasteiger partial charge in [-0.25, -0.2) is 13.2 Å². The number of hydrogen-bond donors (Lipinski definition) is 0. The Morgan fingerprint density at radius 3 is 2.59 bits per heavy atom. The summed E-state index contributed by atoms with van der Waals surface area (Å²) in [5, 5.41) is 5.19. The Morgan fingerprint density at radius 2 is 1.84 bits per heavy atom. The van der Waals surface area contributed by atoms with Crippen molar-refractivity contribution in [3.8, 4) is 11.3 Å². The van der Waals surface area contributed by atoms with Crippen LogP contribution in [0.4, 0.5) is 13.2 Å². The molecule has 0 saturated heterocycles. The number of aromatic nitrogens is 4.